The van der Waals surface area contributed by atoms with Gasteiger partial charge in [0.1, 0.15) is 0 Å². The lowest BCUT2D eigenvalue weighted by atomic mass is 9.95. The van der Waals surface area contributed by atoms with E-state index in [9.17, 15) is 9.59 Å². The van der Waals surface area contributed by atoms with E-state index in [4.69, 9.17) is 0 Å². The first kappa shape index (κ1) is 19.2. The molecule has 3 aromatic rings. The van der Waals surface area contributed by atoms with Gasteiger partial charge in [0.2, 0.25) is 5.82 Å². The first-order chi connectivity index (χ1) is 14.2. The molecule has 1 aliphatic rings. The quantitative estimate of drug-likeness (QED) is 0.678. The van der Waals surface area contributed by atoms with Crippen LogP contribution in [0.5, 0.6) is 0 Å². The second-order valence-corrected chi connectivity index (χ2v) is 7.54. The average molecular weight is 390 g/mol. The number of hydrogen-bond donors (Lipinski definition) is 2. The number of hydrogen-bond acceptors (Lipinski definition) is 3. The zero-order valence-corrected chi connectivity index (χ0v) is 16.4. The zero-order valence-electron chi connectivity index (χ0n) is 16.4. The molecule has 2 aromatic heterocycles. The molecule has 0 radical (unpaired) electrons. The number of amides is 2. The van der Waals surface area contributed by atoms with Crippen LogP contribution >= 0.6 is 0 Å². The molecule has 4 rings (SSSR count). The number of rotatable bonds is 6. The molecule has 1 saturated carbocycles. The number of nitrogens with one attached hydrogen (secondary N) is 2. The molecular weight excluding hydrogens is 364 g/mol. The highest BCUT2D eigenvalue weighted by Crippen LogP contribution is 2.19. The topological polar surface area (TPSA) is 75.5 Å². The molecule has 0 spiro atoms. The lowest BCUT2D eigenvalue weighted by Gasteiger charge is -2.22. The van der Waals surface area contributed by atoms with Gasteiger partial charge in [-0.1, -0.05) is 55.7 Å². The van der Waals surface area contributed by atoms with Crippen LogP contribution in [0.3, 0.4) is 0 Å². The number of imidazole rings is 1. The van der Waals surface area contributed by atoms with Crippen LogP contribution in [-0.4, -0.2) is 33.8 Å². The second kappa shape index (κ2) is 8.90. The summed E-state index contributed by atoms with van der Waals surface area (Å²) in [6, 6.07) is 15.7. The van der Waals surface area contributed by atoms with E-state index >= 15 is 0 Å². The van der Waals surface area contributed by atoms with Gasteiger partial charge in [0.25, 0.3) is 11.8 Å². The maximum absolute atomic E-state index is 12.8. The molecule has 2 amide bonds. The van der Waals surface area contributed by atoms with E-state index in [-0.39, 0.29) is 29.4 Å². The van der Waals surface area contributed by atoms with Crippen molar-refractivity contribution < 1.29 is 9.59 Å². The van der Waals surface area contributed by atoms with Crippen molar-refractivity contribution in [1.29, 1.82) is 0 Å². The molecule has 6 nitrogen and oxygen atoms in total. The lowest BCUT2D eigenvalue weighted by molar-refractivity contribution is 0.0916. The summed E-state index contributed by atoms with van der Waals surface area (Å²) in [5.74, 6) is -0.220. The first-order valence-corrected chi connectivity index (χ1v) is 10.3. The molecule has 1 aliphatic carbocycles. The summed E-state index contributed by atoms with van der Waals surface area (Å²) < 4.78 is 1.70. The standard InChI is InChI=1S/C23H26N4O2/c28-22(24-15-14-17-9-3-1-4-10-17)20-19-13-7-8-16-27(19)21(26-20)23(29)25-18-11-5-2-6-12-18/h1,3-4,7-10,13,16,18H,2,5-6,11-12,14-15H2,(H,24,28)(H,25,29). The minimum Gasteiger partial charge on any atom is -0.350 e. The molecular formula is C23H26N4O2. The third kappa shape index (κ3) is 4.47. The molecule has 2 N–H and O–H groups in total. The van der Waals surface area contributed by atoms with Crippen molar-refractivity contribution >= 4 is 17.3 Å². The van der Waals surface area contributed by atoms with Gasteiger partial charge >= 0.3 is 0 Å². The van der Waals surface area contributed by atoms with Gasteiger partial charge in [-0.2, -0.15) is 0 Å². The Labute approximate surface area is 170 Å². The maximum Gasteiger partial charge on any atom is 0.287 e. The van der Waals surface area contributed by atoms with Gasteiger partial charge in [-0.3, -0.25) is 14.0 Å². The van der Waals surface area contributed by atoms with Gasteiger partial charge in [0.05, 0.1) is 5.52 Å². The van der Waals surface area contributed by atoms with E-state index in [1.165, 1.54) is 6.42 Å². The number of pyridine rings is 1. The van der Waals surface area contributed by atoms with Crippen LogP contribution < -0.4 is 10.6 Å². The zero-order chi connectivity index (χ0) is 20.1. The Morgan fingerprint density at radius 1 is 0.966 bits per heavy atom. The molecule has 0 saturated heterocycles. The van der Waals surface area contributed by atoms with Crippen LogP contribution in [0.25, 0.3) is 5.52 Å². The Morgan fingerprint density at radius 3 is 2.52 bits per heavy atom. The fourth-order valence-electron chi connectivity index (χ4n) is 3.91. The minimum atomic E-state index is -0.263. The van der Waals surface area contributed by atoms with Crippen LogP contribution in [0.15, 0.2) is 54.7 Å². The second-order valence-electron chi connectivity index (χ2n) is 7.54. The summed E-state index contributed by atoms with van der Waals surface area (Å²) in [6.07, 6.45) is 8.03. The van der Waals surface area contributed by atoms with Gasteiger partial charge in [0.15, 0.2) is 5.69 Å². The smallest absolute Gasteiger partial charge is 0.287 e. The Bertz CT molecular complexity index is 991. The molecule has 0 bridgehead atoms. The molecule has 6 heteroatoms. The summed E-state index contributed by atoms with van der Waals surface area (Å²) in [6.45, 7) is 0.512. The van der Waals surface area contributed by atoms with Crippen molar-refractivity contribution in [3.63, 3.8) is 0 Å². The van der Waals surface area contributed by atoms with E-state index < -0.39 is 0 Å². The van der Waals surface area contributed by atoms with Crippen molar-refractivity contribution in [1.82, 2.24) is 20.0 Å². The Kier molecular flexibility index (Phi) is 5.89. The van der Waals surface area contributed by atoms with E-state index in [1.807, 2.05) is 48.5 Å². The monoisotopic (exact) mass is 390 g/mol. The van der Waals surface area contributed by atoms with Gasteiger partial charge in [-0.25, -0.2) is 4.98 Å². The third-order valence-corrected chi connectivity index (χ3v) is 5.45. The van der Waals surface area contributed by atoms with Crippen LogP contribution in [0.4, 0.5) is 0 Å². The summed E-state index contributed by atoms with van der Waals surface area (Å²) in [7, 11) is 0. The molecule has 0 atom stereocenters. The van der Waals surface area contributed by atoms with E-state index in [1.54, 1.807) is 10.6 Å². The maximum atomic E-state index is 12.8. The Balaban J connectivity index is 1.49. The van der Waals surface area contributed by atoms with E-state index in [0.29, 0.717) is 12.1 Å². The normalized spacial score (nSPS) is 14.6. The minimum absolute atomic E-state index is 0.190. The van der Waals surface area contributed by atoms with Gasteiger partial charge in [-0.05, 0) is 37.0 Å². The number of benzene rings is 1. The van der Waals surface area contributed by atoms with Crippen molar-refractivity contribution in [3.8, 4) is 0 Å². The summed E-state index contributed by atoms with van der Waals surface area (Å²) >= 11 is 0. The fourth-order valence-corrected chi connectivity index (χ4v) is 3.91. The van der Waals surface area contributed by atoms with E-state index in [0.717, 1.165) is 37.7 Å². The molecule has 150 valence electrons. The van der Waals surface area contributed by atoms with Gasteiger partial charge in [0, 0.05) is 18.8 Å². The number of carbonyl (C=O) groups is 2. The average Bonchev–Trinajstić information content (AvgIpc) is 3.15. The van der Waals surface area contributed by atoms with E-state index in [2.05, 4.69) is 15.6 Å². The Hall–Kier alpha value is -3.15. The highest BCUT2D eigenvalue weighted by atomic mass is 16.2. The molecule has 2 heterocycles. The highest BCUT2D eigenvalue weighted by molar-refractivity contribution is 6.02. The highest BCUT2D eigenvalue weighted by Gasteiger charge is 2.23. The largest absolute Gasteiger partial charge is 0.350 e. The van der Waals surface area contributed by atoms with Gasteiger partial charge < -0.3 is 10.6 Å². The van der Waals surface area contributed by atoms with Crippen LogP contribution in [0.1, 0.15) is 58.8 Å². The summed E-state index contributed by atoms with van der Waals surface area (Å²) in [5.41, 5.74) is 2.08. The van der Waals surface area contributed by atoms with Crippen molar-refractivity contribution in [2.75, 3.05) is 6.54 Å². The molecule has 0 aliphatic heterocycles. The Morgan fingerprint density at radius 2 is 1.72 bits per heavy atom. The number of aromatic nitrogens is 2. The SMILES string of the molecule is O=C(NCCc1ccccc1)c1nc(C(=O)NC2CCCCC2)n2ccccc12. The third-order valence-electron chi connectivity index (χ3n) is 5.45. The first-order valence-electron chi connectivity index (χ1n) is 10.3. The molecule has 29 heavy (non-hydrogen) atoms. The molecule has 0 unspecified atom stereocenters. The predicted molar refractivity (Wildman–Crippen MR) is 112 cm³/mol. The van der Waals surface area contributed by atoms with Gasteiger partial charge in [-0.15, -0.1) is 0 Å². The van der Waals surface area contributed by atoms with Crippen LogP contribution in [0.2, 0.25) is 0 Å². The van der Waals surface area contributed by atoms with Crippen molar-refractivity contribution in [2.45, 2.75) is 44.6 Å². The van der Waals surface area contributed by atoms with Crippen LogP contribution in [0, 0.1) is 0 Å². The number of fused-ring (bicyclic) bond motifs is 1. The molecule has 1 aromatic carbocycles. The fraction of sp³-hybridized carbons (Fsp3) is 0.348. The van der Waals surface area contributed by atoms with Crippen molar-refractivity contribution in [3.05, 3.63) is 71.8 Å². The number of nitrogens with zero attached hydrogens (tertiary/aromatic N) is 2. The number of carbonyl (C=O) groups excluding carboxylic acids is 2. The summed E-state index contributed by atoms with van der Waals surface area (Å²) in [5, 5.41) is 6.02. The molecule has 1 fully saturated rings. The van der Waals surface area contributed by atoms with Crippen LogP contribution in [-0.2, 0) is 6.42 Å². The lowest BCUT2D eigenvalue weighted by Crippen LogP contribution is -2.37. The summed E-state index contributed by atoms with van der Waals surface area (Å²) in [4.78, 5) is 30.0. The predicted octanol–water partition coefficient (Wildman–Crippen LogP) is 3.37. The van der Waals surface area contributed by atoms with Crippen molar-refractivity contribution in [2.24, 2.45) is 0 Å².